The highest BCUT2D eigenvalue weighted by Crippen LogP contribution is 2.37. The van der Waals surface area contributed by atoms with E-state index in [4.69, 9.17) is 4.74 Å². The third-order valence-corrected chi connectivity index (χ3v) is 6.85. The maximum absolute atomic E-state index is 13.3. The Morgan fingerprint density at radius 2 is 2.00 bits per heavy atom. The Balaban J connectivity index is 1.52. The van der Waals surface area contributed by atoms with E-state index in [1.165, 1.54) is 7.11 Å². The van der Waals surface area contributed by atoms with Crippen LogP contribution in [0.2, 0.25) is 0 Å². The summed E-state index contributed by atoms with van der Waals surface area (Å²) < 4.78 is 8.34. The number of nitrogens with zero attached hydrogens (tertiary/aromatic N) is 4. The molecule has 3 aromatic heterocycles. The number of aryl methyl sites for hydroxylation is 1. The SMILES string of the molecule is COC(=O)c1ccc(C2CCC(Nc3cc(-c4cnn(C)c4)cn(CC(C)C)c3=O)C(C)C2)cn1. The van der Waals surface area contributed by atoms with E-state index in [2.05, 4.69) is 36.2 Å². The fraction of sp³-hybridized carbons (Fsp3) is 0.481. The van der Waals surface area contributed by atoms with E-state index in [-0.39, 0.29) is 11.6 Å². The van der Waals surface area contributed by atoms with Gasteiger partial charge in [0, 0.05) is 49.4 Å². The monoisotopic (exact) mass is 477 g/mol. The van der Waals surface area contributed by atoms with Gasteiger partial charge >= 0.3 is 5.97 Å². The second kappa shape index (κ2) is 10.5. The number of nitrogens with one attached hydrogen (secondary N) is 1. The Morgan fingerprint density at radius 1 is 1.20 bits per heavy atom. The molecule has 1 fully saturated rings. The average Bonchev–Trinajstić information content (AvgIpc) is 3.28. The summed E-state index contributed by atoms with van der Waals surface area (Å²) in [4.78, 5) is 29.3. The smallest absolute Gasteiger partial charge is 0.356 e. The standard InChI is InChI=1S/C27H35N5O3/c1-17(2)14-32-16-21(22-13-29-31(4)15-22)11-25(26(32)33)30-23-8-6-19(10-18(23)3)20-7-9-24(28-12-20)27(34)35-5/h7,9,11-13,15-19,23,30H,6,8,10,14H2,1-5H3. The van der Waals surface area contributed by atoms with Gasteiger partial charge in [-0.2, -0.15) is 5.10 Å². The molecule has 1 saturated carbocycles. The second-order valence-corrected chi connectivity index (χ2v) is 10.1. The zero-order valence-corrected chi connectivity index (χ0v) is 21.2. The Kier molecular flexibility index (Phi) is 7.38. The van der Waals surface area contributed by atoms with Gasteiger partial charge in [-0.25, -0.2) is 9.78 Å². The minimum atomic E-state index is -0.422. The van der Waals surface area contributed by atoms with E-state index in [0.717, 1.165) is 36.0 Å². The molecule has 1 aliphatic carbocycles. The second-order valence-electron chi connectivity index (χ2n) is 10.1. The number of carbonyl (C=O) groups excluding carboxylic acids is 1. The van der Waals surface area contributed by atoms with Crippen LogP contribution in [0.25, 0.3) is 11.1 Å². The van der Waals surface area contributed by atoms with Gasteiger partial charge < -0.3 is 14.6 Å². The van der Waals surface area contributed by atoms with Gasteiger partial charge in [-0.15, -0.1) is 0 Å². The lowest BCUT2D eigenvalue weighted by Crippen LogP contribution is -2.36. The molecule has 0 saturated heterocycles. The van der Waals surface area contributed by atoms with Crippen LogP contribution >= 0.6 is 0 Å². The summed E-state index contributed by atoms with van der Waals surface area (Å²) in [6, 6.07) is 5.88. The number of rotatable bonds is 7. The predicted molar refractivity (Wildman–Crippen MR) is 136 cm³/mol. The van der Waals surface area contributed by atoms with Crippen molar-refractivity contribution in [3.05, 3.63) is 64.6 Å². The lowest BCUT2D eigenvalue weighted by atomic mass is 9.76. The highest BCUT2D eigenvalue weighted by Gasteiger charge is 2.29. The van der Waals surface area contributed by atoms with Crippen molar-refractivity contribution in [2.75, 3.05) is 12.4 Å². The Morgan fingerprint density at radius 3 is 2.60 bits per heavy atom. The number of aromatic nitrogens is 4. The summed E-state index contributed by atoms with van der Waals surface area (Å²) in [6.45, 7) is 7.13. The number of hydrogen-bond acceptors (Lipinski definition) is 6. The Labute approximate surface area is 206 Å². The van der Waals surface area contributed by atoms with Crippen molar-refractivity contribution in [2.45, 2.75) is 58.5 Å². The molecule has 3 atom stereocenters. The topological polar surface area (TPSA) is 91.0 Å². The minimum Gasteiger partial charge on any atom is -0.464 e. The molecule has 0 bridgehead atoms. The maximum atomic E-state index is 13.3. The molecule has 3 heterocycles. The van der Waals surface area contributed by atoms with Crippen LogP contribution in [-0.4, -0.2) is 38.5 Å². The number of anilines is 1. The number of methoxy groups -OCH3 is 1. The van der Waals surface area contributed by atoms with Gasteiger partial charge in [-0.3, -0.25) is 9.48 Å². The normalized spacial score (nSPS) is 20.1. The molecule has 3 unspecified atom stereocenters. The number of carbonyl (C=O) groups is 1. The third kappa shape index (κ3) is 5.63. The third-order valence-electron chi connectivity index (χ3n) is 6.85. The number of pyridine rings is 2. The molecule has 0 amide bonds. The van der Waals surface area contributed by atoms with E-state index in [1.54, 1.807) is 16.9 Å². The largest absolute Gasteiger partial charge is 0.464 e. The Hall–Kier alpha value is -3.42. The summed E-state index contributed by atoms with van der Waals surface area (Å²) in [7, 11) is 3.25. The first kappa shape index (κ1) is 24.7. The predicted octanol–water partition coefficient (Wildman–Crippen LogP) is 4.47. The van der Waals surface area contributed by atoms with Crippen LogP contribution in [0.3, 0.4) is 0 Å². The highest BCUT2D eigenvalue weighted by atomic mass is 16.5. The average molecular weight is 478 g/mol. The van der Waals surface area contributed by atoms with Gasteiger partial charge in [-0.05, 0) is 54.7 Å². The quantitative estimate of drug-likeness (QED) is 0.505. The summed E-state index contributed by atoms with van der Waals surface area (Å²) in [5.41, 5.74) is 4.10. The van der Waals surface area contributed by atoms with E-state index >= 15 is 0 Å². The van der Waals surface area contributed by atoms with Gasteiger partial charge in [0.05, 0.1) is 13.3 Å². The van der Waals surface area contributed by atoms with E-state index in [1.807, 2.05) is 42.3 Å². The molecule has 3 aromatic rings. The van der Waals surface area contributed by atoms with Crippen molar-refractivity contribution in [1.29, 1.82) is 0 Å². The molecule has 35 heavy (non-hydrogen) atoms. The molecule has 1 aliphatic rings. The van der Waals surface area contributed by atoms with Gasteiger partial charge in [0.25, 0.3) is 5.56 Å². The van der Waals surface area contributed by atoms with Crippen molar-refractivity contribution >= 4 is 11.7 Å². The van der Waals surface area contributed by atoms with Crippen LogP contribution in [0.15, 0.2) is 47.8 Å². The maximum Gasteiger partial charge on any atom is 0.356 e. The molecule has 0 spiro atoms. The minimum absolute atomic E-state index is 0.0169. The summed E-state index contributed by atoms with van der Waals surface area (Å²) >= 11 is 0. The summed E-state index contributed by atoms with van der Waals surface area (Å²) in [6.07, 6.45) is 10.5. The highest BCUT2D eigenvalue weighted by molar-refractivity contribution is 5.87. The summed E-state index contributed by atoms with van der Waals surface area (Å²) in [5, 5.41) is 7.89. The zero-order valence-electron chi connectivity index (χ0n) is 21.2. The first-order chi connectivity index (χ1) is 16.7. The molecule has 1 N–H and O–H groups in total. The number of ether oxygens (including phenoxy) is 1. The van der Waals surface area contributed by atoms with Crippen LogP contribution < -0.4 is 10.9 Å². The van der Waals surface area contributed by atoms with Crippen LogP contribution in [0.5, 0.6) is 0 Å². The van der Waals surface area contributed by atoms with Gasteiger partial charge in [-0.1, -0.05) is 26.8 Å². The first-order valence-electron chi connectivity index (χ1n) is 12.3. The van der Waals surface area contributed by atoms with Gasteiger partial charge in [0.15, 0.2) is 0 Å². The van der Waals surface area contributed by atoms with Crippen molar-refractivity contribution in [3.63, 3.8) is 0 Å². The van der Waals surface area contributed by atoms with Crippen LogP contribution in [0.1, 0.15) is 62.0 Å². The van der Waals surface area contributed by atoms with Crippen molar-refractivity contribution in [3.8, 4) is 11.1 Å². The van der Waals surface area contributed by atoms with Crippen molar-refractivity contribution < 1.29 is 9.53 Å². The molecule has 0 aliphatic heterocycles. The van der Waals surface area contributed by atoms with Gasteiger partial charge in [0.2, 0.25) is 0 Å². The lowest BCUT2D eigenvalue weighted by molar-refractivity contribution is 0.0594. The van der Waals surface area contributed by atoms with Crippen LogP contribution in [0, 0.1) is 11.8 Å². The fourth-order valence-corrected chi connectivity index (χ4v) is 4.98. The lowest BCUT2D eigenvalue weighted by Gasteiger charge is -2.35. The van der Waals surface area contributed by atoms with Crippen molar-refractivity contribution in [2.24, 2.45) is 18.9 Å². The Bertz CT molecular complexity index is 1230. The number of esters is 1. The first-order valence-corrected chi connectivity index (χ1v) is 12.3. The van der Waals surface area contributed by atoms with Gasteiger partial charge in [0.1, 0.15) is 11.4 Å². The molecule has 8 nitrogen and oxygen atoms in total. The number of hydrogen-bond donors (Lipinski definition) is 1. The zero-order chi connectivity index (χ0) is 25.1. The van der Waals surface area contributed by atoms with E-state index < -0.39 is 5.97 Å². The van der Waals surface area contributed by atoms with E-state index in [0.29, 0.717) is 35.7 Å². The molecular weight excluding hydrogens is 442 g/mol. The molecule has 8 heteroatoms. The van der Waals surface area contributed by atoms with Crippen LogP contribution in [-0.2, 0) is 18.3 Å². The van der Waals surface area contributed by atoms with Crippen molar-refractivity contribution in [1.82, 2.24) is 19.3 Å². The molecule has 0 aromatic carbocycles. The molecular formula is C27H35N5O3. The molecule has 0 radical (unpaired) electrons. The molecule has 4 rings (SSSR count). The molecule has 186 valence electrons. The van der Waals surface area contributed by atoms with E-state index in [9.17, 15) is 9.59 Å². The van der Waals surface area contributed by atoms with Crippen LogP contribution in [0.4, 0.5) is 5.69 Å². The fourth-order valence-electron chi connectivity index (χ4n) is 4.98. The summed E-state index contributed by atoms with van der Waals surface area (Å²) in [5.74, 6) is 0.684.